The molecule has 1 heterocycles. The highest BCUT2D eigenvalue weighted by Gasteiger charge is 2.43. The van der Waals surface area contributed by atoms with Crippen LogP contribution in [0.5, 0.6) is 0 Å². The van der Waals surface area contributed by atoms with Crippen molar-refractivity contribution in [1.29, 1.82) is 0 Å². The standard InChI is InChI=1S/C30H46O5Si/c1-20(2)22(4)14-15-25(31)28-26(34-30(6,7)35-28)13-11-12-24-19-21(3)18-23(5)27(24)29(32)33-16-17-36(8,9)10/h11-12,18-20,22,25-26,28,31H,13,16-17H2,1-10H3/b12-11+/t22-,25?,26-,28-/m1/s1. The molecule has 1 saturated heterocycles. The monoisotopic (exact) mass is 514 g/mol. The van der Waals surface area contributed by atoms with Gasteiger partial charge in [-0.3, -0.25) is 0 Å². The first-order chi connectivity index (χ1) is 16.6. The van der Waals surface area contributed by atoms with Crippen LogP contribution in [-0.4, -0.2) is 49.9 Å². The average Bonchev–Trinajstić information content (AvgIpc) is 3.04. The van der Waals surface area contributed by atoms with Gasteiger partial charge in [-0.05, 0) is 57.2 Å². The fraction of sp³-hybridized carbons (Fsp3) is 0.633. The molecule has 5 nitrogen and oxygen atoms in total. The molecule has 2 rings (SSSR count). The van der Waals surface area contributed by atoms with Gasteiger partial charge in [-0.15, -0.1) is 0 Å². The maximum atomic E-state index is 13.0. The van der Waals surface area contributed by atoms with E-state index in [4.69, 9.17) is 14.2 Å². The maximum absolute atomic E-state index is 13.0. The van der Waals surface area contributed by atoms with Gasteiger partial charge in [0.2, 0.25) is 0 Å². The van der Waals surface area contributed by atoms with Crippen molar-refractivity contribution in [3.63, 3.8) is 0 Å². The molecule has 200 valence electrons. The Hall–Kier alpha value is -1.91. The zero-order valence-corrected chi connectivity index (χ0v) is 24.9. The molecule has 4 atom stereocenters. The molecule has 1 aromatic rings. The minimum atomic E-state index is -1.29. The maximum Gasteiger partial charge on any atom is 0.338 e. The topological polar surface area (TPSA) is 65.0 Å². The molecule has 0 radical (unpaired) electrons. The predicted molar refractivity (Wildman–Crippen MR) is 150 cm³/mol. The second kappa shape index (κ2) is 12.6. The SMILES string of the molecule is Cc1cc(C)c(C(=O)OCC[Si](C)(C)C)c(/C=C/C[C@H]2OC(C)(C)O[C@@H]2C(O)C#C[C@@H](C)C(C)C)c1. The second-order valence-corrected chi connectivity index (χ2v) is 17.7. The number of ether oxygens (including phenoxy) is 3. The molecule has 0 saturated carbocycles. The number of rotatable bonds is 9. The number of carbonyl (C=O) groups excluding carboxylic acids is 1. The fourth-order valence-electron chi connectivity index (χ4n) is 4.04. The van der Waals surface area contributed by atoms with E-state index in [0.29, 0.717) is 24.5 Å². The molecular formula is C30H46O5Si. The molecule has 6 heteroatoms. The molecule has 0 aromatic heterocycles. The van der Waals surface area contributed by atoms with Crippen molar-refractivity contribution < 1.29 is 24.1 Å². The third kappa shape index (κ3) is 9.19. The normalized spacial score (nSPS) is 21.3. The molecular weight excluding hydrogens is 468 g/mol. The van der Waals surface area contributed by atoms with Crippen LogP contribution < -0.4 is 0 Å². The van der Waals surface area contributed by atoms with Crippen molar-refractivity contribution in [2.45, 2.75) is 105 Å². The van der Waals surface area contributed by atoms with Gasteiger partial charge >= 0.3 is 5.97 Å². The summed E-state index contributed by atoms with van der Waals surface area (Å²) in [6, 6.07) is 4.94. The van der Waals surface area contributed by atoms with E-state index in [-0.39, 0.29) is 18.0 Å². The van der Waals surface area contributed by atoms with Crippen molar-refractivity contribution in [1.82, 2.24) is 0 Å². The summed E-state index contributed by atoms with van der Waals surface area (Å²) < 4.78 is 17.8. The van der Waals surface area contributed by atoms with Crippen LogP contribution in [-0.2, 0) is 14.2 Å². The Kier molecular flexibility index (Phi) is 10.6. The summed E-state index contributed by atoms with van der Waals surface area (Å²) in [5.41, 5.74) is 3.40. The zero-order valence-electron chi connectivity index (χ0n) is 23.9. The highest BCUT2D eigenvalue weighted by molar-refractivity contribution is 6.76. The predicted octanol–water partition coefficient (Wildman–Crippen LogP) is 6.38. The Morgan fingerprint density at radius 1 is 1.17 bits per heavy atom. The molecule has 1 aliphatic rings. The quantitative estimate of drug-likeness (QED) is 0.235. The molecule has 1 fully saturated rings. The van der Waals surface area contributed by atoms with Crippen molar-refractivity contribution in [2.24, 2.45) is 11.8 Å². The number of aryl methyl sites for hydroxylation is 2. The molecule has 1 aromatic carbocycles. The van der Waals surface area contributed by atoms with Crippen LogP contribution >= 0.6 is 0 Å². The Morgan fingerprint density at radius 2 is 1.83 bits per heavy atom. The lowest BCUT2D eigenvalue weighted by Gasteiger charge is -2.18. The van der Waals surface area contributed by atoms with Gasteiger partial charge in [-0.25, -0.2) is 4.79 Å². The Labute approximate surface area is 219 Å². The summed E-state index contributed by atoms with van der Waals surface area (Å²) in [5.74, 6) is 5.62. The first-order valence-corrected chi connectivity index (χ1v) is 16.8. The van der Waals surface area contributed by atoms with E-state index in [0.717, 1.165) is 22.7 Å². The zero-order chi connectivity index (χ0) is 27.3. The van der Waals surface area contributed by atoms with Crippen LogP contribution in [0.15, 0.2) is 18.2 Å². The molecule has 1 unspecified atom stereocenters. The van der Waals surface area contributed by atoms with Crippen molar-refractivity contribution in [3.05, 3.63) is 40.5 Å². The summed E-state index contributed by atoms with van der Waals surface area (Å²) in [7, 11) is -1.29. The summed E-state index contributed by atoms with van der Waals surface area (Å²) in [6.45, 7) is 21.2. The largest absolute Gasteiger partial charge is 0.462 e. The van der Waals surface area contributed by atoms with Gasteiger partial charge in [0.25, 0.3) is 0 Å². The average molecular weight is 515 g/mol. The van der Waals surface area contributed by atoms with Crippen LogP contribution in [0.4, 0.5) is 0 Å². The summed E-state index contributed by atoms with van der Waals surface area (Å²) in [6.07, 6.45) is 2.59. The molecule has 0 spiro atoms. The summed E-state index contributed by atoms with van der Waals surface area (Å²) >= 11 is 0. The lowest BCUT2D eigenvalue weighted by molar-refractivity contribution is -0.151. The highest BCUT2D eigenvalue weighted by Crippen LogP contribution is 2.32. The lowest BCUT2D eigenvalue weighted by Crippen LogP contribution is -2.34. The van der Waals surface area contributed by atoms with Crippen LogP contribution in [0, 0.1) is 37.5 Å². The Morgan fingerprint density at radius 3 is 2.44 bits per heavy atom. The van der Waals surface area contributed by atoms with Crippen LogP contribution in [0.25, 0.3) is 6.08 Å². The summed E-state index contributed by atoms with van der Waals surface area (Å²) in [5, 5.41) is 10.8. The van der Waals surface area contributed by atoms with E-state index in [1.165, 1.54) is 0 Å². The van der Waals surface area contributed by atoms with Gasteiger partial charge in [-0.1, -0.05) is 82.1 Å². The number of hydrogen-bond donors (Lipinski definition) is 1. The lowest BCUT2D eigenvalue weighted by atomic mass is 9.97. The van der Waals surface area contributed by atoms with E-state index in [1.54, 1.807) is 0 Å². The third-order valence-corrected chi connectivity index (χ3v) is 8.16. The van der Waals surface area contributed by atoms with E-state index < -0.39 is 26.1 Å². The number of carbonyl (C=O) groups is 1. The number of aliphatic hydroxyl groups is 1. The van der Waals surface area contributed by atoms with E-state index in [9.17, 15) is 9.90 Å². The molecule has 0 aliphatic carbocycles. The first kappa shape index (κ1) is 30.3. The summed E-state index contributed by atoms with van der Waals surface area (Å²) in [4.78, 5) is 13.0. The van der Waals surface area contributed by atoms with Crippen molar-refractivity contribution >= 4 is 20.1 Å². The van der Waals surface area contributed by atoms with Gasteiger partial charge in [0.05, 0.1) is 18.3 Å². The van der Waals surface area contributed by atoms with Crippen LogP contribution in [0.1, 0.15) is 68.1 Å². The van der Waals surface area contributed by atoms with Crippen molar-refractivity contribution in [2.75, 3.05) is 6.61 Å². The molecule has 1 N–H and O–H groups in total. The number of esters is 1. The Bertz CT molecular complexity index is 993. The molecule has 0 amide bonds. The Balaban J connectivity index is 2.19. The fourth-order valence-corrected chi connectivity index (χ4v) is 4.76. The minimum absolute atomic E-state index is 0.182. The van der Waals surface area contributed by atoms with Crippen LogP contribution in [0.2, 0.25) is 25.7 Å². The van der Waals surface area contributed by atoms with Crippen molar-refractivity contribution in [3.8, 4) is 11.8 Å². The third-order valence-electron chi connectivity index (χ3n) is 6.46. The van der Waals surface area contributed by atoms with Gasteiger partial charge in [0.15, 0.2) is 5.79 Å². The molecule has 36 heavy (non-hydrogen) atoms. The van der Waals surface area contributed by atoms with Gasteiger partial charge in [-0.2, -0.15) is 0 Å². The van der Waals surface area contributed by atoms with E-state index >= 15 is 0 Å². The second-order valence-electron chi connectivity index (χ2n) is 12.0. The van der Waals surface area contributed by atoms with Gasteiger partial charge in [0, 0.05) is 14.0 Å². The molecule has 1 aliphatic heterocycles. The van der Waals surface area contributed by atoms with Gasteiger partial charge in [0.1, 0.15) is 12.2 Å². The minimum Gasteiger partial charge on any atom is -0.462 e. The number of aliphatic hydroxyl groups excluding tert-OH is 1. The first-order valence-electron chi connectivity index (χ1n) is 13.1. The van der Waals surface area contributed by atoms with Crippen LogP contribution in [0.3, 0.4) is 0 Å². The number of benzene rings is 1. The molecule has 0 bridgehead atoms. The van der Waals surface area contributed by atoms with E-state index in [1.807, 2.05) is 52.0 Å². The van der Waals surface area contributed by atoms with E-state index in [2.05, 4.69) is 52.3 Å². The number of hydrogen-bond acceptors (Lipinski definition) is 5. The highest BCUT2D eigenvalue weighted by atomic mass is 28.3. The smallest absolute Gasteiger partial charge is 0.338 e. The van der Waals surface area contributed by atoms with Gasteiger partial charge < -0.3 is 19.3 Å².